The quantitative estimate of drug-likeness (QED) is 0.903. The van der Waals surface area contributed by atoms with Crippen molar-refractivity contribution < 1.29 is 14.3 Å². The van der Waals surface area contributed by atoms with Gasteiger partial charge < -0.3 is 19.7 Å². The maximum Gasteiger partial charge on any atom is 0.258 e. The highest BCUT2D eigenvalue weighted by Gasteiger charge is 2.29. The van der Waals surface area contributed by atoms with E-state index in [0.29, 0.717) is 36.8 Å². The van der Waals surface area contributed by atoms with Crippen LogP contribution in [0.2, 0.25) is 0 Å². The largest absolute Gasteiger partial charge is 0.486 e. The smallest absolute Gasteiger partial charge is 0.258 e. The fourth-order valence-electron chi connectivity index (χ4n) is 2.87. The Hall–Kier alpha value is -1.75. The van der Waals surface area contributed by atoms with E-state index >= 15 is 0 Å². The number of benzene rings is 1. The molecule has 1 aromatic rings. The van der Waals surface area contributed by atoms with E-state index in [4.69, 9.17) is 9.47 Å². The molecule has 0 saturated carbocycles. The van der Waals surface area contributed by atoms with Gasteiger partial charge in [0.05, 0.1) is 5.56 Å². The third kappa shape index (κ3) is 2.33. The summed E-state index contributed by atoms with van der Waals surface area (Å²) in [5.74, 6) is 1.29. The van der Waals surface area contributed by atoms with Crippen LogP contribution in [0.5, 0.6) is 11.5 Å². The van der Waals surface area contributed by atoms with Crippen molar-refractivity contribution in [2.45, 2.75) is 19.4 Å². The average molecular weight is 276 g/mol. The summed E-state index contributed by atoms with van der Waals surface area (Å²) in [6.45, 7) is 5.59. The van der Waals surface area contributed by atoms with Crippen LogP contribution < -0.4 is 14.8 Å². The van der Waals surface area contributed by atoms with Gasteiger partial charge in [-0.15, -0.1) is 0 Å². The molecule has 5 nitrogen and oxygen atoms in total. The Morgan fingerprint density at radius 1 is 1.40 bits per heavy atom. The normalized spacial score (nSPS) is 20.8. The Balaban J connectivity index is 1.89. The number of rotatable bonds is 3. The molecule has 0 aliphatic carbocycles. The Kier molecular flexibility index (Phi) is 3.78. The molecule has 108 valence electrons. The summed E-state index contributed by atoms with van der Waals surface area (Å²) in [4.78, 5) is 14.7. The first-order valence-corrected chi connectivity index (χ1v) is 7.21. The van der Waals surface area contributed by atoms with Gasteiger partial charge in [0.25, 0.3) is 5.91 Å². The van der Waals surface area contributed by atoms with E-state index in [1.54, 1.807) is 0 Å². The summed E-state index contributed by atoms with van der Waals surface area (Å²) in [5, 5.41) is 3.31. The molecular formula is C15H20N2O3. The van der Waals surface area contributed by atoms with E-state index < -0.39 is 0 Å². The van der Waals surface area contributed by atoms with Crippen LogP contribution >= 0.6 is 0 Å². The lowest BCUT2D eigenvalue weighted by atomic mass is 10.1. The first kappa shape index (κ1) is 13.2. The fraction of sp³-hybridized carbons (Fsp3) is 0.533. The second-order valence-electron chi connectivity index (χ2n) is 5.07. The van der Waals surface area contributed by atoms with Crippen LogP contribution in [-0.4, -0.2) is 49.7 Å². The van der Waals surface area contributed by atoms with Gasteiger partial charge in [0.15, 0.2) is 11.5 Å². The third-order valence-corrected chi connectivity index (χ3v) is 3.87. The van der Waals surface area contributed by atoms with Crippen molar-refractivity contribution in [1.29, 1.82) is 0 Å². The topological polar surface area (TPSA) is 50.8 Å². The molecule has 1 N–H and O–H groups in total. The summed E-state index contributed by atoms with van der Waals surface area (Å²) in [7, 11) is 0. The number of carbonyl (C=O) groups excluding carboxylic acids is 1. The molecule has 20 heavy (non-hydrogen) atoms. The van der Waals surface area contributed by atoms with Gasteiger partial charge in [0, 0.05) is 19.1 Å². The first-order valence-electron chi connectivity index (χ1n) is 7.21. The lowest BCUT2D eigenvalue weighted by molar-refractivity contribution is 0.0693. The number of amides is 1. The molecule has 0 spiro atoms. The zero-order chi connectivity index (χ0) is 13.9. The van der Waals surface area contributed by atoms with E-state index in [9.17, 15) is 4.79 Å². The highest BCUT2D eigenvalue weighted by atomic mass is 16.6. The minimum Gasteiger partial charge on any atom is -0.486 e. The minimum absolute atomic E-state index is 0.0311. The second-order valence-corrected chi connectivity index (χ2v) is 5.07. The van der Waals surface area contributed by atoms with Gasteiger partial charge in [-0.25, -0.2) is 0 Å². The van der Waals surface area contributed by atoms with Crippen molar-refractivity contribution >= 4 is 5.91 Å². The molecule has 1 saturated heterocycles. The molecule has 3 rings (SSSR count). The number of fused-ring (bicyclic) bond motifs is 1. The van der Waals surface area contributed by atoms with Crippen LogP contribution in [-0.2, 0) is 0 Å². The third-order valence-electron chi connectivity index (χ3n) is 3.87. The molecule has 1 fully saturated rings. The maximum absolute atomic E-state index is 12.8. The lowest BCUT2D eigenvalue weighted by Gasteiger charge is -2.29. The van der Waals surface area contributed by atoms with Gasteiger partial charge in [-0.1, -0.05) is 6.07 Å². The number of nitrogens with one attached hydrogen (secondary N) is 1. The summed E-state index contributed by atoms with van der Waals surface area (Å²) in [5.41, 5.74) is 0.607. The van der Waals surface area contributed by atoms with Crippen LogP contribution in [0.4, 0.5) is 0 Å². The van der Waals surface area contributed by atoms with Crippen molar-refractivity contribution in [3.8, 4) is 11.5 Å². The standard InChI is InChI=1S/C15H20N2O3/c1-2-17(11-6-7-16-10-11)15(18)12-4-3-5-13-14(12)20-9-8-19-13/h3-5,11,16H,2,6-10H2,1H3. The number of carbonyl (C=O) groups is 1. The second kappa shape index (κ2) is 5.71. The molecular weight excluding hydrogens is 256 g/mol. The van der Waals surface area contributed by atoms with E-state index in [2.05, 4.69) is 5.32 Å². The molecule has 1 aromatic carbocycles. The highest BCUT2D eigenvalue weighted by molar-refractivity contribution is 5.98. The number of likely N-dealkylation sites (N-methyl/N-ethyl adjacent to an activating group) is 1. The molecule has 0 radical (unpaired) electrons. The summed E-state index contributed by atoms with van der Waals surface area (Å²) in [6, 6.07) is 5.79. The molecule has 0 aromatic heterocycles. The number of para-hydroxylation sites is 1. The van der Waals surface area contributed by atoms with Crippen LogP contribution in [0.15, 0.2) is 18.2 Å². The Morgan fingerprint density at radius 2 is 2.25 bits per heavy atom. The number of hydrogen-bond acceptors (Lipinski definition) is 4. The minimum atomic E-state index is 0.0311. The summed E-state index contributed by atoms with van der Waals surface area (Å²) in [6.07, 6.45) is 1.01. The monoisotopic (exact) mass is 276 g/mol. The fourth-order valence-corrected chi connectivity index (χ4v) is 2.87. The van der Waals surface area contributed by atoms with Crippen molar-refractivity contribution in [2.75, 3.05) is 32.8 Å². The number of hydrogen-bond donors (Lipinski definition) is 1. The van der Waals surface area contributed by atoms with Crippen molar-refractivity contribution in [2.24, 2.45) is 0 Å². The van der Waals surface area contributed by atoms with Gasteiger partial charge in [-0.05, 0) is 32.0 Å². The maximum atomic E-state index is 12.8. The molecule has 2 aliphatic heterocycles. The van der Waals surface area contributed by atoms with Crippen LogP contribution in [0.1, 0.15) is 23.7 Å². The van der Waals surface area contributed by atoms with Gasteiger partial charge in [0.1, 0.15) is 13.2 Å². The number of ether oxygens (including phenoxy) is 2. The van der Waals surface area contributed by atoms with Crippen LogP contribution in [0.3, 0.4) is 0 Å². The van der Waals surface area contributed by atoms with Gasteiger partial charge in [0.2, 0.25) is 0 Å². The van der Waals surface area contributed by atoms with Crippen LogP contribution in [0.25, 0.3) is 0 Å². The lowest BCUT2D eigenvalue weighted by Crippen LogP contribution is -2.41. The SMILES string of the molecule is CCN(C(=O)c1cccc2c1OCCO2)C1CCNC1. The van der Waals surface area contributed by atoms with Crippen LogP contribution in [0, 0.1) is 0 Å². The molecule has 1 atom stereocenters. The molecule has 0 bridgehead atoms. The molecule has 5 heteroatoms. The Bertz CT molecular complexity index is 498. The van der Waals surface area contributed by atoms with E-state index in [1.807, 2.05) is 30.0 Å². The van der Waals surface area contributed by atoms with Crippen molar-refractivity contribution in [1.82, 2.24) is 10.2 Å². The predicted octanol–water partition coefficient (Wildman–Crippen LogP) is 1.28. The Morgan fingerprint density at radius 3 is 3.00 bits per heavy atom. The van der Waals surface area contributed by atoms with E-state index in [0.717, 1.165) is 19.5 Å². The average Bonchev–Trinajstić information content (AvgIpc) is 3.01. The van der Waals surface area contributed by atoms with E-state index in [1.165, 1.54) is 0 Å². The molecule has 1 unspecified atom stereocenters. The highest BCUT2D eigenvalue weighted by Crippen LogP contribution is 2.34. The van der Waals surface area contributed by atoms with Gasteiger partial charge >= 0.3 is 0 Å². The summed E-state index contributed by atoms with van der Waals surface area (Å²) < 4.78 is 11.2. The zero-order valence-electron chi connectivity index (χ0n) is 11.7. The van der Waals surface area contributed by atoms with Gasteiger partial charge in [-0.3, -0.25) is 4.79 Å². The molecule has 2 aliphatic rings. The predicted molar refractivity (Wildman–Crippen MR) is 75.4 cm³/mol. The van der Waals surface area contributed by atoms with E-state index in [-0.39, 0.29) is 11.9 Å². The van der Waals surface area contributed by atoms with Gasteiger partial charge in [-0.2, -0.15) is 0 Å². The van der Waals surface area contributed by atoms with Crippen molar-refractivity contribution in [3.63, 3.8) is 0 Å². The molecule has 1 amide bonds. The summed E-state index contributed by atoms with van der Waals surface area (Å²) >= 11 is 0. The Labute approximate surface area is 118 Å². The first-order chi connectivity index (χ1) is 9.81. The number of nitrogens with zero attached hydrogens (tertiary/aromatic N) is 1. The zero-order valence-corrected chi connectivity index (χ0v) is 11.7. The molecule has 2 heterocycles. The van der Waals surface area contributed by atoms with Crippen molar-refractivity contribution in [3.05, 3.63) is 23.8 Å².